The maximum absolute atomic E-state index is 12.5. The number of ether oxygens (including phenoxy) is 1. The Kier molecular flexibility index (Phi) is 7.85. The maximum atomic E-state index is 12.5. The lowest BCUT2D eigenvalue weighted by Gasteiger charge is -2.30. The molecule has 0 atom stereocenters. The van der Waals surface area contributed by atoms with Crippen LogP contribution in [0.4, 0.5) is 5.69 Å². The average Bonchev–Trinajstić information content (AvgIpc) is 2.77. The van der Waals surface area contributed by atoms with Crippen molar-refractivity contribution in [2.24, 2.45) is 5.84 Å². The highest BCUT2D eigenvalue weighted by Gasteiger charge is 2.26. The molecule has 31 heavy (non-hydrogen) atoms. The van der Waals surface area contributed by atoms with Crippen LogP contribution in [0.3, 0.4) is 0 Å². The van der Waals surface area contributed by atoms with Crippen LogP contribution in [0.2, 0.25) is 0 Å². The molecule has 0 aliphatic rings. The van der Waals surface area contributed by atoms with E-state index < -0.39 is 5.91 Å². The minimum Gasteiger partial charge on any atom is -0.483 e. The van der Waals surface area contributed by atoms with E-state index >= 15 is 0 Å². The fourth-order valence-corrected chi connectivity index (χ4v) is 3.16. The van der Waals surface area contributed by atoms with Gasteiger partial charge < -0.3 is 10.1 Å². The van der Waals surface area contributed by atoms with Crippen molar-refractivity contribution in [1.82, 2.24) is 5.43 Å². The number of rotatable bonds is 9. The van der Waals surface area contributed by atoms with Crippen molar-refractivity contribution >= 4 is 17.5 Å². The first kappa shape index (κ1) is 24.4. The molecule has 0 fully saturated rings. The van der Waals surface area contributed by atoms with Gasteiger partial charge in [-0.25, -0.2) is 5.84 Å². The molecular weight excluding hydrogens is 390 g/mol. The van der Waals surface area contributed by atoms with E-state index in [1.54, 1.807) is 24.3 Å². The minimum absolute atomic E-state index is 0.0648. The lowest BCUT2D eigenvalue weighted by atomic mass is 9.76. The van der Waals surface area contributed by atoms with Gasteiger partial charge >= 0.3 is 0 Å². The van der Waals surface area contributed by atoms with Crippen LogP contribution in [0.5, 0.6) is 5.75 Å². The summed E-state index contributed by atoms with van der Waals surface area (Å²) in [5.41, 5.74) is 5.28. The van der Waals surface area contributed by atoms with Gasteiger partial charge in [0.25, 0.3) is 11.8 Å². The van der Waals surface area contributed by atoms with Gasteiger partial charge in [-0.1, -0.05) is 59.7 Å². The van der Waals surface area contributed by atoms with Gasteiger partial charge in [-0.05, 0) is 53.5 Å². The molecule has 6 heteroatoms. The molecule has 0 bridgehead atoms. The number of nitrogens with two attached hydrogens (primary N) is 1. The summed E-state index contributed by atoms with van der Waals surface area (Å²) in [7, 11) is 0. The van der Waals surface area contributed by atoms with E-state index in [4.69, 9.17) is 10.6 Å². The summed E-state index contributed by atoms with van der Waals surface area (Å²) in [5, 5.41) is 2.76. The van der Waals surface area contributed by atoms with Gasteiger partial charge in [-0.3, -0.25) is 15.0 Å². The lowest BCUT2D eigenvalue weighted by Crippen LogP contribution is -2.30. The van der Waals surface area contributed by atoms with Gasteiger partial charge in [0.2, 0.25) is 0 Å². The minimum atomic E-state index is -0.422. The summed E-state index contributed by atoms with van der Waals surface area (Å²) in [6.45, 7) is 13.1. The Morgan fingerprint density at radius 2 is 1.65 bits per heavy atom. The first-order valence-electron chi connectivity index (χ1n) is 10.7. The number of anilines is 1. The van der Waals surface area contributed by atoms with E-state index in [2.05, 4.69) is 64.4 Å². The number of carbonyl (C=O) groups excluding carboxylic acids is 2. The second-order valence-corrected chi connectivity index (χ2v) is 9.08. The van der Waals surface area contributed by atoms with Gasteiger partial charge in [-0.15, -0.1) is 0 Å². The number of hydrogen-bond donors (Lipinski definition) is 3. The van der Waals surface area contributed by atoms with Crippen molar-refractivity contribution in [2.45, 2.75) is 65.2 Å². The molecule has 0 spiro atoms. The molecule has 6 nitrogen and oxygen atoms in total. The van der Waals surface area contributed by atoms with Gasteiger partial charge in [0.1, 0.15) is 5.75 Å². The largest absolute Gasteiger partial charge is 0.483 e. The number of nitrogen functional groups attached to an aromatic ring is 1. The van der Waals surface area contributed by atoms with Crippen LogP contribution in [-0.4, -0.2) is 18.4 Å². The first-order chi connectivity index (χ1) is 14.5. The quantitative estimate of drug-likeness (QED) is 0.309. The number of nitrogens with one attached hydrogen (secondary N) is 2. The van der Waals surface area contributed by atoms with Gasteiger partial charge in [0.05, 0.1) is 0 Å². The zero-order valence-corrected chi connectivity index (χ0v) is 19.5. The summed E-state index contributed by atoms with van der Waals surface area (Å²) in [4.78, 5) is 24.1. The highest BCUT2D eigenvalue weighted by molar-refractivity contribution is 5.97. The summed E-state index contributed by atoms with van der Waals surface area (Å²) >= 11 is 0. The van der Waals surface area contributed by atoms with Crippen molar-refractivity contribution in [3.63, 3.8) is 0 Å². The maximum Gasteiger partial charge on any atom is 0.265 e. The van der Waals surface area contributed by atoms with E-state index in [-0.39, 0.29) is 23.3 Å². The summed E-state index contributed by atoms with van der Waals surface area (Å²) in [6, 6.07) is 12.8. The van der Waals surface area contributed by atoms with Crippen molar-refractivity contribution in [2.75, 3.05) is 11.9 Å². The van der Waals surface area contributed by atoms with Crippen LogP contribution in [0.15, 0.2) is 42.5 Å². The Morgan fingerprint density at radius 1 is 0.968 bits per heavy atom. The van der Waals surface area contributed by atoms with Gasteiger partial charge in [0, 0.05) is 16.8 Å². The Hall–Kier alpha value is -2.86. The molecular formula is C25H35N3O3. The normalized spacial score (nSPS) is 11.7. The monoisotopic (exact) mass is 425 g/mol. The van der Waals surface area contributed by atoms with Crippen LogP contribution in [0.1, 0.15) is 75.9 Å². The van der Waals surface area contributed by atoms with Gasteiger partial charge in [-0.2, -0.15) is 0 Å². The van der Waals surface area contributed by atoms with Crippen LogP contribution in [0, 0.1) is 0 Å². The fraction of sp³-hybridized carbons (Fsp3) is 0.440. The molecule has 2 aromatic rings. The van der Waals surface area contributed by atoms with Crippen molar-refractivity contribution in [3.8, 4) is 5.75 Å². The summed E-state index contributed by atoms with van der Waals surface area (Å²) < 4.78 is 5.95. The van der Waals surface area contributed by atoms with E-state index in [1.807, 2.05) is 6.07 Å². The molecule has 0 radical (unpaired) electrons. The molecule has 2 aromatic carbocycles. The Labute approximate surface area is 185 Å². The molecule has 0 aliphatic carbocycles. The summed E-state index contributed by atoms with van der Waals surface area (Å²) in [5.74, 6) is 5.16. The third-order valence-corrected chi connectivity index (χ3v) is 6.16. The van der Waals surface area contributed by atoms with Crippen molar-refractivity contribution < 1.29 is 14.3 Å². The van der Waals surface area contributed by atoms with Crippen LogP contribution >= 0.6 is 0 Å². The zero-order valence-electron chi connectivity index (χ0n) is 19.5. The number of hydrogen-bond acceptors (Lipinski definition) is 4. The van der Waals surface area contributed by atoms with E-state index in [1.165, 1.54) is 5.56 Å². The lowest BCUT2D eigenvalue weighted by molar-refractivity contribution is -0.118. The molecule has 0 unspecified atom stereocenters. The first-order valence-corrected chi connectivity index (χ1v) is 10.7. The predicted molar refractivity (Wildman–Crippen MR) is 125 cm³/mol. The summed E-state index contributed by atoms with van der Waals surface area (Å²) in [6.07, 6.45) is 1.98. The molecule has 168 valence electrons. The highest BCUT2D eigenvalue weighted by Crippen LogP contribution is 2.38. The van der Waals surface area contributed by atoms with Gasteiger partial charge in [0.15, 0.2) is 6.61 Å². The molecule has 0 saturated carbocycles. The number of hydrazine groups is 1. The van der Waals surface area contributed by atoms with Crippen LogP contribution in [0.25, 0.3) is 0 Å². The average molecular weight is 426 g/mol. The SMILES string of the molecule is CCC(C)(C)c1ccc(OCC(=O)Nc2cccc(C(=O)NN)c2)c(C(C)(C)CC)c1. The van der Waals surface area contributed by atoms with E-state index in [0.29, 0.717) is 17.0 Å². The smallest absolute Gasteiger partial charge is 0.265 e. The van der Waals surface area contributed by atoms with Crippen LogP contribution in [-0.2, 0) is 15.6 Å². The highest BCUT2D eigenvalue weighted by atomic mass is 16.5. The van der Waals surface area contributed by atoms with Crippen LogP contribution < -0.4 is 21.3 Å². The molecule has 4 N–H and O–H groups in total. The van der Waals surface area contributed by atoms with E-state index in [9.17, 15) is 9.59 Å². The second kappa shape index (κ2) is 9.96. The predicted octanol–water partition coefficient (Wildman–Crippen LogP) is 4.68. The van der Waals surface area contributed by atoms with Crippen molar-refractivity contribution in [1.29, 1.82) is 0 Å². The van der Waals surface area contributed by atoms with Crippen molar-refractivity contribution in [3.05, 3.63) is 59.2 Å². The Balaban J connectivity index is 2.19. The topological polar surface area (TPSA) is 93.4 Å². The Bertz CT molecular complexity index is 935. The number of amides is 2. The molecule has 2 amide bonds. The third kappa shape index (κ3) is 6.07. The standard InChI is InChI=1S/C25H35N3O3/c1-7-24(3,4)18-12-13-21(20(15-18)25(5,6)8-2)31-16-22(29)27-19-11-9-10-17(14-19)23(30)28-26/h9-15H,7-8,16,26H2,1-6H3,(H,27,29)(H,28,30). The molecule has 2 rings (SSSR count). The molecule has 0 saturated heterocycles. The number of benzene rings is 2. The second-order valence-electron chi connectivity index (χ2n) is 9.08. The third-order valence-electron chi connectivity index (χ3n) is 6.16. The molecule has 0 aromatic heterocycles. The Morgan fingerprint density at radius 3 is 2.26 bits per heavy atom. The number of carbonyl (C=O) groups is 2. The molecule has 0 aliphatic heterocycles. The fourth-order valence-electron chi connectivity index (χ4n) is 3.16. The zero-order chi connectivity index (χ0) is 23.2. The molecule has 0 heterocycles. The van der Waals surface area contributed by atoms with E-state index in [0.717, 1.165) is 18.4 Å².